The maximum absolute atomic E-state index is 13.1. The van der Waals surface area contributed by atoms with Gasteiger partial charge >= 0.3 is 0 Å². The third-order valence-electron chi connectivity index (χ3n) is 4.33. The van der Waals surface area contributed by atoms with Crippen molar-refractivity contribution in [3.05, 3.63) is 40.6 Å². The van der Waals surface area contributed by atoms with E-state index in [0.29, 0.717) is 6.54 Å². The van der Waals surface area contributed by atoms with Crippen molar-refractivity contribution < 1.29 is 4.79 Å². The molecule has 2 heterocycles. The molecule has 26 heavy (non-hydrogen) atoms. The summed E-state index contributed by atoms with van der Waals surface area (Å²) < 4.78 is 1.12. The van der Waals surface area contributed by atoms with Gasteiger partial charge in [-0.05, 0) is 49.0 Å². The summed E-state index contributed by atoms with van der Waals surface area (Å²) in [5.41, 5.74) is 0.953. The Morgan fingerprint density at radius 2 is 2.00 bits per heavy atom. The van der Waals surface area contributed by atoms with E-state index in [1.165, 1.54) is 16.2 Å². The third-order valence-corrected chi connectivity index (χ3v) is 6.95. The first-order valence-corrected chi connectivity index (χ1v) is 11.6. The maximum atomic E-state index is 13.1. The molecule has 0 spiro atoms. The van der Waals surface area contributed by atoms with Gasteiger partial charge in [-0.3, -0.25) is 9.69 Å². The monoisotopic (exact) mass is 405 g/mol. The van der Waals surface area contributed by atoms with Crippen molar-refractivity contribution >= 4 is 55.7 Å². The molecule has 1 aromatic carbocycles. The molecule has 7 heteroatoms. The van der Waals surface area contributed by atoms with Crippen LogP contribution in [0.15, 0.2) is 40.6 Å². The Bertz CT molecular complexity index is 856. The topological polar surface area (TPSA) is 36.4 Å². The second kappa shape index (κ2) is 8.99. The Labute approximate surface area is 166 Å². The number of amides is 1. The number of hydrogen-bond acceptors (Lipinski definition) is 6. The number of hydrogen-bond donors (Lipinski definition) is 0. The molecule has 0 aliphatic heterocycles. The van der Waals surface area contributed by atoms with Crippen molar-refractivity contribution in [3.63, 3.8) is 0 Å². The summed E-state index contributed by atoms with van der Waals surface area (Å²) in [4.78, 5) is 24.0. The first-order valence-electron chi connectivity index (χ1n) is 8.68. The molecule has 2 aromatic heterocycles. The smallest absolute Gasteiger partial charge is 0.270 e. The molecule has 138 valence electrons. The molecule has 0 saturated heterocycles. The highest BCUT2D eigenvalue weighted by atomic mass is 32.2. The number of likely N-dealkylation sites (N-methyl/N-ethyl adjacent to an activating group) is 1. The van der Waals surface area contributed by atoms with Gasteiger partial charge in [0.15, 0.2) is 5.13 Å². The number of benzene rings is 1. The zero-order valence-corrected chi connectivity index (χ0v) is 17.7. The van der Waals surface area contributed by atoms with Gasteiger partial charge in [-0.15, -0.1) is 23.1 Å². The molecule has 3 rings (SSSR count). The Morgan fingerprint density at radius 1 is 1.19 bits per heavy atom. The van der Waals surface area contributed by atoms with Crippen molar-refractivity contribution in [2.75, 3.05) is 37.3 Å². The van der Waals surface area contributed by atoms with E-state index in [2.05, 4.69) is 37.1 Å². The van der Waals surface area contributed by atoms with Crippen LogP contribution in [0.25, 0.3) is 10.2 Å². The lowest BCUT2D eigenvalue weighted by Gasteiger charge is -2.24. The number of thiophene rings is 1. The molecular formula is C19H23N3OS3. The van der Waals surface area contributed by atoms with Crippen molar-refractivity contribution in [1.82, 2.24) is 9.88 Å². The molecule has 0 bridgehead atoms. The largest absolute Gasteiger partial charge is 0.302 e. The fourth-order valence-electron chi connectivity index (χ4n) is 2.73. The van der Waals surface area contributed by atoms with E-state index in [1.807, 2.05) is 28.5 Å². The van der Waals surface area contributed by atoms with Crippen LogP contribution in [0, 0.1) is 0 Å². The molecule has 0 atom stereocenters. The van der Waals surface area contributed by atoms with Gasteiger partial charge in [0.05, 0.1) is 15.1 Å². The van der Waals surface area contributed by atoms with E-state index in [0.717, 1.165) is 39.9 Å². The summed E-state index contributed by atoms with van der Waals surface area (Å²) in [6, 6.07) is 10.1. The van der Waals surface area contributed by atoms with Gasteiger partial charge < -0.3 is 4.90 Å². The van der Waals surface area contributed by atoms with Crippen LogP contribution in [-0.2, 0) is 0 Å². The zero-order valence-electron chi connectivity index (χ0n) is 15.3. The minimum atomic E-state index is 0.0382. The van der Waals surface area contributed by atoms with Crippen LogP contribution in [-0.4, -0.2) is 48.2 Å². The lowest BCUT2D eigenvalue weighted by atomic mass is 10.3. The fourth-order valence-corrected chi connectivity index (χ4v) is 4.95. The van der Waals surface area contributed by atoms with E-state index in [1.54, 1.807) is 23.1 Å². The standard InChI is InChI=1S/C19H23N3OS3/c1-4-21(5-2)10-11-22(18(23)16-7-6-12-25-16)19-20-15-9-8-14(24-3)13-17(15)26-19/h6-9,12-13H,4-5,10-11H2,1-3H3. The van der Waals surface area contributed by atoms with Gasteiger partial charge in [0.2, 0.25) is 0 Å². The highest BCUT2D eigenvalue weighted by molar-refractivity contribution is 7.98. The lowest BCUT2D eigenvalue weighted by Crippen LogP contribution is -2.38. The second-order valence-electron chi connectivity index (χ2n) is 5.79. The van der Waals surface area contributed by atoms with Gasteiger partial charge in [-0.25, -0.2) is 4.98 Å². The number of thioether (sulfide) groups is 1. The molecule has 0 N–H and O–H groups in total. The summed E-state index contributed by atoms with van der Waals surface area (Å²) in [7, 11) is 0. The van der Waals surface area contributed by atoms with Gasteiger partial charge in [0.1, 0.15) is 0 Å². The summed E-state index contributed by atoms with van der Waals surface area (Å²) in [6.45, 7) is 7.75. The number of thiazole rings is 1. The number of anilines is 1. The number of carbonyl (C=O) groups excluding carboxylic acids is 1. The first-order chi connectivity index (χ1) is 12.7. The predicted molar refractivity (Wildman–Crippen MR) is 115 cm³/mol. The summed E-state index contributed by atoms with van der Waals surface area (Å²) >= 11 is 4.79. The van der Waals surface area contributed by atoms with Gasteiger partial charge in [0, 0.05) is 18.0 Å². The highest BCUT2D eigenvalue weighted by Gasteiger charge is 2.22. The average Bonchev–Trinajstić information content (AvgIpc) is 3.33. The highest BCUT2D eigenvalue weighted by Crippen LogP contribution is 2.32. The molecule has 0 fully saturated rings. The number of rotatable bonds is 8. The molecule has 3 aromatic rings. The summed E-state index contributed by atoms with van der Waals surface area (Å²) in [5.74, 6) is 0.0382. The van der Waals surface area contributed by atoms with Gasteiger partial charge in [-0.1, -0.05) is 31.3 Å². The molecule has 0 radical (unpaired) electrons. The molecule has 4 nitrogen and oxygen atoms in total. The quantitative estimate of drug-likeness (QED) is 0.490. The van der Waals surface area contributed by atoms with Crippen LogP contribution in [0.5, 0.6) is 0 Å². The molecule has 0 saturated carbocycles. The molecular weight excluding hydrogens is 382 g/mol. The summed E-state index contributed by atoms with van der Waals surface area (Å²) in [5, 5.41) is 2.72. The average molecular weight is 406 g/mol. The number of aromatic nitrogens is 1. The Morgan fingerprint density at radius 3 is 2.65 bits per heavy atom. The third kappa shape index (κ3) is 4.28. The number of fused-ring (bicyclic) bond motifs is 1. The zero-order chi connectivity index (χ0) is 18.5. The van der Waals surface area contributed by atoms with Gasteiger partial charge in [-0.2, -0.15) is 0 Å². The molecule has 0 aliphatic rings. The minimum Gasteiger partial charge on any atom is -0.302 e. The van der Waals surface area contributed by atoms with Crippen LogP contribution >= 0.6 is 34.4 Å². The van der Waals surface area contributed by atoms with E-state index < -0.39 is 0 Å². The Hall–Kier alpha value is -1.41. The van der Waals surface area contributed by atoms with Crippen molar-refractivity contribution in [2.24, 2.45) is 0 Å². The van der Waals surface area contributed by atoms with Gasteiger partial charge in [0.25, 0.3) is 5.91 Å². The summed E-state index contributed by atoms with van der Waals surface area (Å²) in [6.07, 6.45) is 2.07. The first kappa shape index (κ1) is 19.4. The van der Waals surface area contributed by atoms with Crippen LogP contribution in [0.4, 0.5) is 5.13 Å². The number of carbonyl (C=O) groups is 1. The van der Waals surface area contributed by atoms with E-state index in [9.17, 15) is 4.79 Å². The van der Waals surface area contributed by atoms with Crippen molar-refractivity contribution in [3.8, 4) is 0 Å². The Balaban J connectivity index is 1.92. The maximum Gasteiger partial charge on any atom is 0.270 e. The van der Waals surface area contributed by atoms with Crippen LogP contribution in [0.3, 0.4) is 0 Å². The second-order valence-corrected chi connectivity index (χ2v) is 8.63. The molecule has 0 unspecified atom stereocenters. The van der Waals surface area contributed by atoms with Crippen LogP contribution in [0.2, 0.25) is 0 Å². The number of nitrogens with zero attached hydrogens (tertiary/aromatic N) is 3. The van der Waals surface area contributed by atoms with Crippen molar-refractivity contribution in [2.45, 2.75) is 18.7 Å². The molecule has 1 amide bonds. The van der Waals surface area contributed by atoms with Crippen LogP contribution < -0.4 is 4.90 Å². The Kier molecular flexibility index (Phi) is 6.69. The lowest BCUT2D eigenvalue weighted by molar-refractivity contribution is 0.0987. The van der Waals surface area contributed by atoms with E-state index in [4.69, 9.17) is 4.98 Å². The minimum absolute atomic E-state index is 0.0382. The SMILES string of the molecule is CCN(CC)CCN(C(=O)c1cccs1)c1nc2ccc(SC)cc2s1. The fraction of sp³-hybridized carbons (Fsp3) is 0.368. The van der Waals surface area contributed by atoms with Crippen molar-refractivity contribution in [1.29, 1.82) is 0 Å². The van der Waals surface area contributed by atoms with Crippen LogP contribution in [0.1, 0.15) is 23.5 Å². The van der Waals surface area contributed by atoms with E-state index >= 15 is 0 Å². The molecule has 0 aliphatic carbocycles. The normalized spacial score (nSPS) is 11.4. The van der Waals surface area contributed by atoms with E-state index in [-0.39, 0.29) is 5.91 Å². The predicted octanol–water partition coefficient (Wildman–Crippen LogP) is 5.07.